The molecule has 0 saturated heterocycles. The van der Waals surface area contributed by atoms with Crippen molar-refractivity contribution in [3.05, 3.63) is 35.8 Å². The van der Waals surface area contributed by atoms with Crippen LogP contribution in [0.5, 0.6) is 5.75 Å². The molecule has 0 saturated carbocycles. The molecule has 6 heteroatoms. The maximum absolute atomic E-state index is 13.6. The van der Waals surface area contributed by atoms with Gasteiger partial charge in [0, 0.05) is 13.3 Å². The Morgan fingerprint density at radius 1 is 1.50 bits per heavy atom. The molecule has 5 nitrogen and oxygen atoms in total. The summed E-state index contributed by atoms with van der Waals surface area (Å²) >= 11 is 0. The van der Waals surface area contributed by atoms with Crippen LogP contribution in [0.2, 0.25) is 0 Å². The van der Waals surface area contributed by atoms with Crippen LogP contribution < -0.4 is 10.5 Å². The molecule has 1 aromatic carbocycles. The summed E-state index contributed by atoms with van der Waals surface area (Å²) in [5.74, 6) is 0.0207. The van der Waals surface area contributed by atoms with Crippen molar-refractivity contribution in [2.45, 2.75) is 0 Å². The maximum atomic E-state index is 13.6. The van der Waals surface area contributed by atoms with Crippen molar-refractivity contribution >= 4 is 12.0 Å². The molecule has 0 aliphatic carbocycles. The number of nitrogens with two attached hydrogens (primary N) is 1. The number of halogens is 1. The van der Waals surface area contributed by atoms with Crippen molar-refractivity contribution < 1.29 is 9.13 Å². The SMILES string of the molecule is CN=Cc1cnn(-c2cccc(F)c2OC)c1N. The zero-order valence-corrected chi connectivity index (χ0v) is 10.1. The molecule has 2 rings (SSSR count). The van der Waals surface area contributed by atoms with Crippen LogP contribution in [0.4, 0.5) is 10.2 Å². The number of aromatic nitrogens is 2. The second kappa shape index (κ2) is 4.87. The molecule has 0 aliphatic rings. The van der Waals surface area contributed by atoms with Gasteiger partial charge >= 0.3 is 0 Å². The average molecular weight is 248 g/mol. The summed E-state index contributed by atoms with van der Waals surface area (Å²) in [7, 11) is 3.04. The lowest BCUT2D eigenvalue weighted by Gasteiger charge is -2.10. The van der Waals surface area contributed by atoms with Gasteiger partial charge in [-0.2, -0.15) is 5.10 Å². The minimum absolute atomic E-state index is 0.104. The van der Waals surface area contributed by atoms with Crippen LogP contribution in [0, 0.1) is 5.82 Å². The molecule has 2 N–H and O–H groups in total. The van der Waals surface area contributed by atoms with E-state index in [9.17, 15) is 4.39 Å². The maximum Gasteiger partial charge on any atom is 0.180 e. The van der Waals surface area contributed by atoms with E-state index in [4.69, 9.17) is 10.5 Å². The number of rotatable bonds is 3. The van der Waals surface area contributed by atoms with E-state index in [2.05, 4.69) is 10.1 Å². The monoisotopic (exact) mass is 248 g/mol. The third-order valence-corrected chi connectivity index (χ3v) is 2.48. The highest BCUT2D eigenvalue weighted by atomic mass is 19.1. The summed E-state index contributed by atoms with van der Waals surface area (Å²) in [5, 5.41) is 4.11. The molecule has 0 unspecified atom stereocenters. The van der Waals surface area contributed by atoms with Gasteiger partial charge in [-0.15, -0.1) is 0 Å². The van der Waals surface area contributed by atoms with Gasteiger partial charge in [0.05, 0.1) is 18.9 Å². The molecular weight excluding hydrogens is 235 g/mol. The van der Waals surface area contributed by atoms with E-state index in [1.54, 1.807) is 31.6 Å². The Morgan fingerprint density at radius 2 is 2.28 bits per heavy atom. The largest absolute Gasteiger partial charge is 0.492 e. The summed E-state index contributed by atoms with van der Waals surface area (Å²) in [6.45, 7) is 0. The molecule has 18 heavy (non-hydrogen) atoms. The molecule has 0 bridgehead atoms. The normalized spacial score (nSPS) is 11.1. The Labute approximate surface area is 104 Å². The second-order valence-electron chi connectivity index (χ2n) is 3.58. The topological polar surface area (TPSA) is 65.4 Å². The number of hydrogen-bond donors (Lipinski definition) is 1. The molecule has 0 spiro atoms. The zero-order valence-electron chi connectivity index (χ0n) is 10.1. The number of anilines is 1. The summed E-state index contributed by atoms with van der Waals surface area (Å²) in [6.07, 6.45) is 3.15. The van der Waals surface area contributed by atoms with Crippen LogP contribution in [0.1, 0.15) is 5.56 Å². The molecule has 0 radical (unpaired) electrons. The molecular formula is C12H13FN4O. The Kier molecular flexibility index (Phi) is 3.27. The summed E-state index contributed by atoms with van der Waals surface area (Å²) in [5.41, 5.74) is 7.05. The lowest BCUT2D eigenvalue weighted by atomic mass is 10.2. The first kappa shape index (κ1) is 12.1. The molecule has 0 aliphatic heterocycles. The van der Waals surface area contributed by atoms with Gasteiger partial charge in [0.25, 0.3) is 0 Å². The van der Waals surface area contributed by atoms with Crippen molar-refractivity contribution in [3.63, 3.8) is 0 Å². The van der Waals surface area contributed by atoms with E-state index < -0.39 is 5.82 Å². The molecule has 0 atom stereocenters. The van der Waals surface area contributed by atoms with Gasteiger partial charge in [0.15, 0.2) is 11.6 Å². The first-order valence-corrected chi connectivity index (χ1v) is 5.27. The number of methoxy groups -OCH3 is 1. The van der Waals surface area contributed by atoms with Crippen LogP contribution in [0.3, 0.4) is 0 Å². The number of benzene rings is 1. The van der Waals surface area contributed by atoms with Gasteiger partial charge in [-0.1, -0.05) is 6.07 Å². The Balaban J connectivity index is 2.59. The minimum Gasteiger partial charge on any atom is -0.492 e. The van der Waals surface area contributed by atoms with E-state index in [1.807, 2.05) is 0 Å². The van der Waals surface area contributed by atoms with E-state index in [0.29, 0.717) is 17.1 Å². The van der Waals surface area contributed by atoms with Crippen molar-refractivity contribution in [3.8, 4) is 11.4 Å². The number of hydrogen-bond acceptors (Lipinski definition) is 4. The predicted octanol–water partition coefficient (Wildman–Crippen LogP) is 1.65. The van der Waals surface area contributed by atoms with E-state index in [1.165, 1.54) is 17.9 Å². The van der Waals surface area contributed by atoms with Crippen LogP contribution in [0.25, 0.3) is 5.69 Å². The molecule has 94 valence electrons. The van der Waals surface area contributed by atoms with Crippen molar-refractivity contribution in [1.82, 2.24) is 9.78 Å². The molecule has 0 fully saturated rings. The lowest BCUT2D eigenvalue weighted by Crippen LogP contribution is -2.05. The van der Waals surface area contributed by atoms with Gasteiger partial charge in [-0.05, 0) is 12.1 Å². The predicted molar refractivity (Wildman–Crippen MR) is 68.0 cm³/mol. The number of para-hydroxylation sites is 1. The average Bonchev–Trinajstić information content (AvgIpc) is 2.71. The molecule has 1 heterocycles. The Morgan fingerprint density at radius 3 is 2.94 bits per heavy atom. The minimum atomic E-state index is -0.462. The molecule has 2 aromatic rings. The smallest absolute Gasteiger partial charge is 0.180 e. The fourth-order valence-corrected chi connectivity index (χ4v) is 1.67. The first-order valence-electron chi connectivity index (χ1n) is 5.27. The first-order chi connectivity index (χ1) is 8.69. The van der Waals surface area contributed by atoms with Crippen molar-refractivity contribution in [1.29, 1.82) is 0 Å². The van der Waals surface area contributed by atoms with Gasteiger partial charge < -0.3 is 10.5 Å². The van der Waals surface area contributed by atoms with Gasteiger partial charge in [-0.3, -0.25) is 4.99 Å². The fourth-order valence-electron chi connectivity index (χ4n) is 1.67. The van der Waals surface area contributed by atoms with Gasteiger partial charge in [0.2, 0.25) is 0 Å². The van der Waals surface area contributed by atoms with E-state index >= 15 is 0 Å². The van der Waals surface area contributed by atoms with Crippen LogP contribution >= 0.6 is 0 Å². The Bertz CT molecular complexity index is 592. The van der Waals surface area contributed by atoms with Crippen LogP contribution in [-0.2, 0) is 0 Å². The highest BCUT2D eigenvalue weighted by Crippen LogP contribution is 2.27. The second-order valence-corrected chi connectivity index (χ2v) is 3.58. The number of aliphatic imine (C=N–C) groups is 1. The fraction of sp³-hybridized carbons (Fsp3) is 0.167. The standard InChI is InChI=1S/C12H13FN4O/c1-15-6-8-7-16-17(12(8)14)10-5-3-4-9(13)11(10)18-2/h3-7H,14H2,1-2H3. The van der Waals surface area contributed by atoms with Crippen molar-refractivity contribution in [2.75, 3.05) is 19.9 Å². The van der Waals surface area contributed by atoms with E-state index in [-0.39, 0.29) is 5.75 Å². The van der Waals surface area contributed by atoms with E-state index in [0.717, 1.165) is 0 Å². The van der Waals surface area contributed by atoms with Gasteiger partial charge in [0.1, 0.15) is 11.5 Å². The Hall–Kier alpha value is -2.37. The number of nitrogen functional groups attached to an aromatic ring is 1. The molecule has 0 amide bonds. The number of ether oxygens (including phenoxy) is 1. The zero-order chi connectivity index (χ0) is 13.1. The van der Waals surface area contributed by atoms with Gasteiger partial charge in [-0.25, -0.2) is 9.07 Å². The highest BCUT2D eigenvalue weighted by Gasteiger charge is 2.14. The number of nitrogens with zero attached hydrogens (tertiary/aromatic N) is 3. The summed E-state index contributed by atoms with van der Waals surface area (Å²) in [6, 6.07) is 4.57. The van der Waals surface area contributed by atoms with Crippen LogP contribution in [0.15, 0.2) is 29.4 Å². The van der Waals surface area contributed by atoms with Crippen molar-refractivity contribution in [2.24, 2.45) is 4.99 Å². The lowest BCUT2D eigenvalue weighted by molar-refractivity contribution is 0.384. The quantitative estimate of drug-likeness (QED) is 0.840. The highest BCUT2D eigenvalue weighted by molar-refractivity contribution is 5.85. The third kappa shape index (κ3) is 1.92. The summed E-state index contributed by atoms with van der Waals surface area (Å²) in [4.78, 5) is 3.87. The third-order valence-electron chi connectivity index (χ3n) is 2.48. The van der Waals surface area contributed by atoms with Crippen LogP contribution in [-0.4, -0.2) is 30.2 Å². The molecule has 1 aromatic heterocycles. The summed E-state index contributed by atoms with van der Waals surface area (Å²) < 4.78 is 20.0.